The number of hydrogen-bond acceptors (Lipinski definition) is 3. The molecular weight excluding hydrogens is 166 g/mol. The predicted molar refractivity (Wildman–Crippen MR) is 49.5 cm³/mol. The zero-order chi connectivity index (χ0) is 8.93. The second-order valence-electron chi connectivity index (χ2n) is 3.36. The quantitative estimate of drug-likeness (QED) is 0.644. The highest BCUT2D eigenvalue weighted by atomic mass is 16.5. The van der Waals surface area contributed by atoms with E-state index < -0.39 is 0 Å². The molecule has 0 unspecified atom stereocenters. The molecular formula is C9H15N3O. The van der Waals surface area contributed by atoms with Crippen molar-refractivity contribution in [3.63, 3.8) is 0 Å². The van der Waals surface area contributed by atoms with E-state index in [4.69, 9.17) is 4.74 Å². The van der Waals surface area contributed by atoms with Gasteiger partial charge in [0.25, 0.3) is 0 Å². The predicted octanol–water partition coefficient (Wildman–Crippen LogP) is 0.331. The molecule has 0 aliphatic carbocycles. The van der Waals surface area contributed by atoms with Gasteiger partial charge in [0, 0.05) is 25.9 Å². The molecule has 4 nitrogen and oxygen atoms in total. The molecule has 1 aromatic heterocycles. The molecule has 1 aliphatic heterocycles. The van der Waals surface area contributed by atoms with Gasteiger partial charge >= 0.3 is 0 Å². The van der Waals surface area contributed by atoms with Gasteiger partial charge in [0.1, 0.15) is 0 Å². The number of aromatic amines is 1. The van der Waals surface area contributed by atoms with Gasteiger partial charge in [-0.2, -0.15) is 5.10 Å². The number of hydrogen-bond donors (Lipinski definition) is 2. The summed E-state index contributed by atoms with van der Waals surface area (Å²) in [5, 5.41) is 9.86. The van der Waals surface area contributed by atoms with Gasteiger partial charge in [0.05, 0.1) is 12.3 Å². The van der Waals surface area contributed by atoms with Crippen molar-refractivity contribution in [3.8, 4) is 0 Å². The van der Waals surface area contributed by atoms with Gasteiger partial charge in [0.15, 0.2) is 0 Å². The van der Waals surface area contributed by atoms with Crippen molar-refractivity contribution in [3.05, 3.63) is 18.0 Å². The van der Waals surface area contributed by atoms with Crippen molar-refractivity contribution in [2.24, 2.45) is 0 Å². The molecule has 4 heteroatoms. The Hall–Kier alpha value is -0.870. The molecule has 0 aromatic carbocycles. The van der Waals surface area contributed by atoms with Crippen LogP contribution in [0.3, 0.4) is 0 Å². The van der Waals surface area contributed by atoms with E-state index in [9.17, 15) is 0 Å². The van der Waals surface area contributed by atoms with Crippen LogP contribution in [0.25, 0.3) is 0 Å². The molecule has 1 fully saturated rings. The number of ether oxygens (including phenoxy) is 1. The summed E-state index contributed by atoms with van der Waals surface area (Å²) in [4.78, 5) is 0. The molecule has 0 bridgehead atoms. The zero-order valence-electron chi connectivity index (χ0n) is 7.62. The molecule has 0 radical (unpaired) electrons. The Morgan fingerprint density at radius 3 is 3.08 bits per heavy atom. The van der Waals surface area contributed by atoms with Crippen molar-refractivity contribution < 1.29 is 4.74 Å². The number of H-pyrrole nitrogens is 1. The van der Waals surface area contributed by atoms with E-state index in [0.29, 0.717) is 6.10 Å². The minimum atomic E-state index is 0.462. The second-order valence-corrected chi connectivity index (χ2v) is 3.36. The fraction of sp³-hybridized carbons (Fsp3) is 0.667. The molecule has 2 rings (SSSR count). The van der Waals surface area contributed by atoms with Gasteiger partial charge in [0.2, 0.25) is 0 Å². The van der Waals surface area contributed by atoms with Crippen LogP contribution >= 0.6 is 0 Å². The number of aromatic nitrogens is 2. The lowest BCUT2D eigenvalue weighted by Crippen LogP contribution is -2.48. The van der Waals surface area contributed by atoms with Gasteiger partial charge < -0.3 is 10.1 Å². The highest BCUT2D eigenvalue weighted by Crippen LogP contribution is 2.02. The first-order valence-electron chi connectivity index (χ1n) is 4.75. The molecule has 0 amide bonds. The average molecular weight is 181 g/mol. The average Bonchev–Trinajstić information content (AvgIpc) is 2.53. The van der Waals surface area contributed by atoms with Gasteiger partial charge in [-0.3, -0.25) is 5.10 Å². The van der Waals surface area contributed by atoms with E-state index >= 15 is 0 Å². The Morgan fingerprint density at radius 1 is 1.54 bits per heavy atom. The summed E-state index contributed by atoms with van der Waals surface area (Å²) in [5.41, 5.74) is 1.26. The van der Waals surface area contributed by atoms with Gasteiger partial charge in [-0.1, -0.05) is 0 Å². The molecule has 1 aliphatic rings. The van der Waals surface area contributed by atoms with E-state index in [1.807, 2.05) is 12.4 Å². The van der Waals surface area contributed by atoms with Crippen molar-refractivity contribution in [1.29, 1.82) is 0 Å². The van der Waals surface area contributed by atoms with Crippen molar-refractivity contribution >= 4 is 0 Å². The normalized spacial score (nSPS) is 17.2. The number of rotatable bonds is 5. The van der Waals surface area contributed by atoms with Crippen LogP contribution in [0.4, 0.5) is 0 Å². The number of aryl methyl sites for hydroxylation is 1. The number of nitrogens with one attached hydrogen (secondary N) is 2. The van der Waals surface area contributed by atoms with Crippen LogP contribution in [-0.2, 0) is 11.2 Å². The third-order valence-corrected chi connectivity index (χ3v) is 2.26. The van der Waals surface area contributed by atoms with Gasteiger partial charge in [-0.15, -0.1) is 0 Å². The summed E-state index contributed by atoms with van der Waals surface area (Å²) in [6.45, 7) is 2.90. The lowest BCUT2D eigenvalue weighted by atomic mass is 10.2. The van der Waals surface area contributed by atoms with E-state index in [2.05, 4.69) is 15.5 Å². The maximum absolute atomic E-state index is 5.58. The van der Waals surface area contributed by atoms with E-state index in [1.54, 1.807) is 0 Å². The topological polar surface area (TPSA) is 49.9 Å². The fourth-order valence-corrected chi connectivity index (χ4v) is 1.32. The fourth-order valence-electron chi connectivity index (χ4n) is 1.32. The highest BCUT2D eigenvalue weighted by molar-refractivity contribution is 5.01. The van der Waals surface area contributed by atoms with E-state index in [-0.39, 0.29) is 0 Å². The van der Waals surface area contributed by atoms with Crippen molar-refractivity contribution in [1.82, 2.24) is 15.5 Å². The Kier molecular flexibility index (Phi) is 2.94. The lowest BCUT2D eigenvalue weighted by molar-refractivity contribution is 0.0179. The van der Waals surface area contributed by atoms with Gasteiger partial charge in [-0.05, 0) is 18.4 Å². The molecule has 0 atom stereocenters. The smallest absolute Gasteiger partial charge is 0.0823 e. The second kappa shape index (κ2) is 4.39. The highest BCUT2D eigenvalue weighted by Gasteiger charge is 2.15. The Bertz CT molecular complexity index is 231. The van der Waals surface area contributed by atoms with Crippen LogP contribution in [0, 0.1) is 0 Å². The summed E-state index contributed by atoms with van der Waals surface area (Å²) in [6, 6.07) is 0. The summed E-state index contributed by atoms with van der Waals surface area (Å²) >= 11 is 0. The minimum absolute atomic E-state index is 0.462. The van der Waals surface area contributed by atoms with Gasteiger partial charge in [-0.25, -0.2) is 0 Å². The first kappa shape index (κ1) is 8.72. The molecule has 13 heavy (non-hydrogen) atoms. The Morgan fingerprint density at radius 2 is 2.46 bits per heavy atom. The Balaban J connectivity index is 1.53. The molecule has 72 valence electrons. The summed E-state index contributed by atoms with van der Waals surface area (Å²) in [5.74, 6) is 0. The molecule has 1 aromatic rings. The van der Waals surface area contributed by atoms with Crippen LogP contribution in [0.15, 0.2) is 12.4 Å². The number of nitrogens with zero attached hydrogens (tertiary/aromatic N) is 1. The maximum atomic E-state index is 5.58. The van der Waals surface area contributed by atoms with E-state index in [0.717, 1.165) is 32.5 Å². The summed E-state index contributed by atoms with van der Waals surface area (Å²) in [7, 11) is 0. The van der Waals surface area contributed by atoms with Crippen LogP contribution < -0.4 is 5.32 Å². The van der Waals surface area contributed by atoms with Crippen molar-refractivity contribution in [2.75, 3.05) is 19.7 Å². The lowest BCUT2D eigenvalue weighted by Gasteiger charge is -2.26. The maximum Gasteiger partial charge on any atom is 0.0823 e. The monoisotopic (exact) mass is 181 g/mol. The minimum Gasteiger partial charge on any atom is -0.376 e. The zero-order valence-corrected chi connectivity index (χ0v) is 7.62. The van der Waals surface area contributed by atoms with Crippen LogP contribution in [0.5, 0.6) is 0 Å². The Labute approximate surface area is 77.7 Å². The van der Waals surface area contributed by atoms with Crippen LogP contribution in [0.2, 0.25) is 0 Å². The third-order valence-electron chi connectivity index (χ3n) is 2.26. The molecule has 2 heterocycles. The SMILES string of the molecule is c1n[nH]cc1CCCOC1CNC1. The molecule has 2 N–H and O–H groups in total. The first-order valence-corrected chi connectivity index (χ1v) is 4.75. The summed E-state index contributed by atoms with van der Waals surface area (Å²) in [6.07, 6.45) is 6.40. The van der Waals surface area contributed by atoms with Crippen molar-refractivity contribution in [2.45, 2.75) is 18.9 Å². The third kappa shape index (κ3) is 2.54. The molecule has 0 saturated carbocycles. The largest absolute Gasteiger partial charge is 0.376 e. The first-order chi connectivity index (χ1) is 6.45. The molecule has 0 spiro atoms. The van der Waals surface area contributed by atoms with Crippen LogP contribution in [0.1, 0.15) is 12.0 Å². The van der Waals surface area contributed by atoms with E-state index in [1.165, 1.54) is 5.56 Å². The van der Waals surface area contributed by atoms with Crippen LogP contribution in [-0.4, -0.2) is 36.0 Å². The standard InChI is InChI=1S/C9H15N3O/c1(2-8-4-11-12-5-8)3-13-9-6-10-7-9/h4-5,9-10H,1-3,6-7H2,(H,11,12). The molecule has 1 saturated heterocycles. The summed E-state index contributed by atoms with van der Waals surface area (Å²) < 4.78 is 5.58.